The van der Waals surface area contributed by atoms with Crippen molar-refractivity contribution in [3.8, 4) is 5.75 Å². The number of aryl methyl sites for hydroxylation is 1. The Bertz CT molecular complexity index is 992. The molecule has 1 aromatic carbocycles. The van der Waals surface area contributed by atoms with Crippen molar-refractivity contribution in [1.29, 1.82) is 0 Å². The molecule has 3 aromatic rings. The van der Waals surface area contributed by atoms with Crippen LogP contribution in [-0.4, -0.2) is 40.0 Å². The summed E-state index contributed by atoms with van der Waals surface area (Å²) in [6.45, 7) is 5.22. The van der Waals surface area contributed by atoms with Gasteiger partial charge in [0.2, 0.25) is 0 Å². The summed E-state index contributed by atoms with van der Waals surface area (Å²) < 4.78 is 5.86. The Balaban J connectivity index is 1.39. The predicted molar refractivity (Wildman–Crippen MR) is 111 cm³/mol. The van der Waals surface area contributed by atoms with Gasteiger partial charge in [-0.15, -0.1) is 0 Å². The molecule has 1 amide bonds. The van der Waals surface area contributed by atoms with Crippen LogP contribution in [0.25, 0.3) is 11.0 Å². The van der Waals surface area contributed by atoms with Crippen molar-refractivity contribution in [2.75, 3.05) is 13.1 Å². The van der Waals surface area contributed by atoms with E-state index in [-0.39, 0.29) is 5.91 Å². The quantitative estimate of drug-likeness (QED) is 0.694. The fraction of sp³-hybridized carbons (Fsp3) is 0.364. The molecule has 3 heterocycles. The maximum Gasteiger partial charge on any atom is 0.263 e. The summed E-state index contributed by atoms with van der Waals surface area (Å²) in [5.74, 6) is 1.00. The van der Waals surface area contributed by atoms with E-state index in [0.717, 1.165) is 37.1 Å². The number of piperidine rings is 1. The van der Waals surface area contributed by atoms with Gasteiger partial charge in [-0.2, -0.15) is 0 Å². The zero-order valence-electron chi connectivity index (χ0n) is 16.1. The number of nitrogens with one attached hydrogen (secondary N) is 1. The van der Waals surface area contributed by atoms with Gasteiger partial charge in [-0.3, -0.25) is 4.79 Å². The number of hydrogen-bond donors (Lipinski definition) is 1. The van der Waals surface area contributed by atoms with Crippen LogP contribution in [0.3, 0.4) is 0 Å². The fourth-order valence-electron chi connectivity index (χ4n) is 3.92. The Labute approximate surface area is 169 Å². The maximum absolute atomic E-state index is 12.8. The molecule has 1 fully saturated rings. The summed E-state index contributed by atoms with van der Waals surface area (Å²) in [6.07, 6.45) is 5.17. The van der Waals surface area contributed by atoms with Gasteiger partial charge >= 0.3 is 0 Å². The maximum atomic E-state index is 12.8. The van der Waals surface area contributed by atoms with Crippen LogP contribution >= 0.6 is 11.6 Å². The first kappa shape index (κ1) is 18.8. The number of fused-ring (bicyclic) bond motifs is 1. The Morgan fingerprint density at radius 3 is 2.89 bits per heavy atom. The van der Waals surface area contributed by atoms with Gasteiger partial charge in [-0.05, 0) is 68.0 Å². The van der Waals surface area contributed by atoms with Gasteiger partial charge in [0.05, 0.1) is 5.02 Å². The van der Waals surface area contributed by atoms with E-state index in [0.29, 0.717) is 16.7 Å². The number of rotatable bonds is 4. The number of halogens is 1. The lowest BCUT2D eigenvalue weighted by Gasteiger charge is -2.33. The van der Waals surface area contributed by atoms with Crippen molar-refractivity contribution in [3.05, 3.63) is 58.9 Å². The smallest absolute Gasteiger partial charge is 0.263 e. The van der Waals surface area contributed by atoms with Crippen LogP contribution in [0.2, 0.25) is 5.02 Å². The topological polar surface area (TPSA) is 58.2 Å². The van der Waals surface area contributed by atoms with E-state index >= 15 is 0 Å². The average molecular weight is 398 g/mol. The Kier molecular flexibility index (Phi) is 5.27. The van der Waals surface area contributed by atoms with E-state index in [1.54, 1.807) is 19.2 Å². The number of aromatic amines is 1. The number of benzene rings is 1. The van der Waals surface area contributed by atoms with E-state index in [4.69, 9.17) is 16.3 Å². The molecule has 2 aromatic heterocycles. The van der Waals surface area contributed by atoms with Crippen molar-refractivity contribution in [2.45, 2.75) is 38.7 Å². The molecule has 0 saturated carbocycles. The number of carbonyl (C=O) groups excluding carboxylic acids is 1. The standard InChI is InChI=1S/C22H24ClN3O2/c1-14-5-6-19(23)20(12-14)28-15(2)22(27)26-10-7-16(8-11-26)18-13-25-21-17(18)4-3-9-24-21/h3-6,9,12-13,15-16H,7-8,10-11H2,1-2H3,(H,24,25). The third kappa shape index (κ3) is 3.72. The highest BCUT2D eigenvalue weighted by atomic mass is 35.5. The number of pyridine rings is 1. The summed E-state index contributed by atoms with van der Waals surface area (Å²) >= 11 is 6.20. The van der Waals surface area contributed by atoms with Crippen LogP contribution in [0.1, 0.15) is 36.8 Å². The average Bonchev–Trinajstić information content (AvgIpc) is 3.14. The van der Waals surface area contributed by atoms with Gasteiger partial charge in [0.15, 0.2) is 6.10 Å². The second-order valence-electron chi connectivity index (χ2n) is 7.44. The summed E-state index contributed by atoms with van der Waals surface area (Å²) in [5.41, 5.74) is 3.27. The molecule has 0 aliphatic carbocycles. The summed E-state index contributed by atoms with van der Waals surface area (Å²) in [4.78, 5) is 22.4. The van der Waals surface area contributed by atoms with Gasteiger partial charge in [0.1, 0.15) is 11.4 Å². The molecule has 1 aliphatic rings. The second-order valence-corrected chi connectivity index (χ2v) is 7.84. The Morgan fingerprint density at radius 2 is 2.11 bits per heavy atom. The van der Waals surface area contributed by atoms with Crippen molar-refractivity contribution in [3.63, 3.8) is 0 Å². The van der Waals surface area contributed by atoms with Crippen molar-refractivity contribution < 1.29 is 9.53 Å². The molecule has 5 nitrogen and oxygen atoms in total. The van der Waals surface area contributed by atoms with Crippen LogP contribution in [0, 0.1) is 6.92 Å². The van der Waals surface area contributed by atoms with Gasteiger partial charge in [0.25, 0.3) is 5.91 Å². The van der Waals surface area contributed by atoms with E-state index in [1.165, 1.54) is 10.9 Å². The molecular weight excluding hydrogens is 374 g/mol. The highest BCUT2D eigenvalue weighted by Crippen LogP contribution is 2.33. The first-order valence-electron chi connectivity index (χ1n) is 9.66. The lowest BCUT2D eigenvalue weighted by molar-refractivity contribution is -0.139. The van der Waals surface area contributed by atoms with Crippen LogP contribution in [0.5, 0.6) is 5.75 Å². The first-order valence-corrected chi connectivity index (χ1v) is 10.0. The zero-order chi connectivity index (χ0) is 19.7. The van der Waals surface area contributed by atoms with Crippen LogP contribution < -0.4 is 4.74 Å². The molecular formula is C22H24ClN3O2. The third-order valence-corrected chi connectivity index (χ3v) is 5.78. The minimum absolute atomic E-state index is 0.0108. The van der Waals surface area contributed by atoms with Crippen molar-refractivity contribution in [1.82, 2.24) is 14.9 Å². The molecule has 6 heteroatoms. The lowest BCUT2D eigenvalue weighted by atomic mass is 9.89. The monoisotopic (exact) mass is 397 g/mol. The molecule has 0 radical (unpaired) electrons. The SMILES string of the molecule is Cc1ccc(Cl)c(OC(C)C(=O)N2CCC(c3c[nH]c4ncccc34)CC2)c1. The number of aromatic nitrogens is 2. The molecule has 1 aliphatic heterocycles. The molecule has 0 bridgehead atoms. The fourth-order valence-corrected chi connectivity index (χ4v) is 4.09. The van der Waals surface area contributed by atoms with E-state index in [9.17, 15) is 4.79 Å². The number of amides is 1. The first-order chi connectivity index (χ1) is 13.5. The van der Waals surface area contributed by atoms with E-state index in [2.05, 4.69) is 22.2 Å². The van der Waals surface area contributed by atoms with Gasteiger partial charge in [-0.25, -0.2) is 4.98 Å². The molecule has 1 unspecified atom stereocenters. The van der Waals surface area contributed by atoms with E-state index in [1.807, 2.05) is 30.0 Å². The van der Waals surface area contributed by atoms with Gasteiger partial charge < -0.3 is 14.6 Å². The van der Waals surface area contributed by atoms with Gasteiger partial charge in [0, 0.05) is 30.9 Å². The molecule has 146 valence electrons. The number of carbonyl (C=O) groups is 1. The minimum Gasteiger partial charge on any atom is -0.479 e. The summed E-state index contributed by atoms with van der Waals surface area (Å²) in [6, 6.07) is 9.65. The normalized spacial score (nSPS) is 16.3. The number of nitrogens with zero attached hydrogens (tertiary/aromatic N) is 2. The minimum atomic E-state index is -0.562. The predicted octanol–water partition coefficient (Wildman–Crippen LogP) is 4.70. The van der Waals surface area contributed by atoms with E-state index < -0.39 is 6.10 Å². The highest BCUT2D eigenvalue weighted by Gasteiger charge is 2.29. The molecule has 4 rings (SSSR count). The Morgan fingerprint density at radius 1 is 1.32 bits per heavy atom. The summed E-state index contributed by atoms with van der Waals surface area (Å²) in [5, 5.41) is 1.70. The number of H-pyrrole nitrogens is 1. The van der Waals surface area contributed by atoms with Crippen LogP contribution in [0.4, 0.5) is 0 Å². The lowest BCUT2D eigenvalue weighted by Crippen LogP contribution is -2.44. The molecule has 28 heavy (non-hydrogen) atoms. The largest absolute Gasteiger partial charge is 0.479 e. The zero-order valence-corrected chi connectivity index (χ0v) is 16.9. The number of likely N-dealkylation sites (tertiary alicyclic amines) is 1. The molecule has 1 saturated heterocycles. The van der Waals surface area contributed by atoms with Crippen LogP contribution in [-0.2, 0) is 4.79 Å². The van der Waals surface area contributed by atoms with Crippen molar-refractivity contribution >= 4 is 28.5 Å². The summed E-state index contributed by atoms with van der Waals surface area (Å²) in [7, 11) is 0. The third-order valence-electron chi connectivity index (χ3n) is 5.47. The molecule has 0 spiro atoms. The Hall–Kier alpha value is -2.53. The number of hydrogen-bond acceptors (Lipinski definition) is 3. The van der Waals surface area contributed by atoms with Crippen molar-refractivity contribution in [2.24, 2.45) is 0 Å². The molecule has 1 N–H and O–H groups in total. The second kappa shape index (κ2) is 7.84. The molecule has 1 atom stereocenters. The number of ether oxygens (including phenoxy) is 1. The highest BCUT2D eigenvalue weighted by molar-refractivity contribution is 6.32. The van der Waals surface area contributed by atoms with Crippen LogP contribution in [0.15, 0.2) is 42.7 Å². The van der Waals surface area contributed by atoms with Gasteiger partial charge in [-0.1, -0.05) is 17.7 Å².